The molecule has 1 atom stereocenters. The van der Waals surface area contributed by atoms with Crippen LogP contribution in [0.4, 0.5) is 5.69 Å². The number of benzene rings is 3. The summed E-state index contributed by atoms with van der Waals surface area (Å²) in [5.74, 6) is 1.63. The first-order chi connectivity index (χ1) is 15.8. The highest BCUT2D eigenvalue weighted by Crippen LogP contribution is 2.27. The fourth-order valence-corrected chi connectivity index (χ4v) is 4.54. The molecule has 0 saturated heterocycles. The highest BCUT2D eigenvalue weighted by Gasteiger charge is 2.29. The zero-order chi connectivity index (χ0) is 23.8. The molecule has 7 nitrogen and oxygen atoms in total. The zero-order valence-electron chi connectivity index (χ0n) is 18.9. The maximum Gasteiger partial charge on any atom is 0.243 e. The molecule has 0 radical (unpaired) electrons. The Morgan fingerprint density at radius 2 is 1.48 bits per heavy atom. The number of para-hydroxylation sites is 1. The van der Waals surface area contributed by atoms with Crippen LogP contribution in [0, 0.1) is 0 Å². The van der Waals surface area contributed by atoms with E-state index in [4.69, 9.17) is 9.47 Å². The van der Waals surface area contributed by atoms with Gasteiger partial charge < -0.3 is 14.8 Å². The fourth-order valence-electron chi connectivity index (χ4n) is 3.36. The van der Waals surface area contributed by atoms with Crippen LogP contribution in [0.25, 0.3) is 0 Å². The summed E-state index contributed by atoms with van der Waals surface area (Å²) < 4.78 is 37.0. The second kappa shape index (κ2) is 10.9. The summed E-state index contributed by atoms with van der Waals surface area (Å²) >= 11 is 0. The molecule has 8 heteroatoms. The van der Waals surface area contributed by atoms with Crippen LogP contribution in [-0.2, 0) is 21.2 Å². The minimum absolute atomic E-state index is 0.376. The molecule has 3 rings (SSSR count). The Morgan fingerprint density at radius 1 is 0.909 bits per heavy atom. The Kier molecular flexibility index (Phi) is 7.95. The Bertz CT molecular complexity index is 1150. The number of carbonyl (C=O) groups excluding carboxylic acids is 1. The van der Waals surface area contributed by atoms with Crippen LogP contribution in [0.15, 0.2) is 78.9 Å². The van der Waals surface area contributed by atoms with Crippen LogP contribution in [0.5, 0.6) is 17.2 Å². The third kappa shape index (κ3) is 6.73. The van der Waals surface area contributed by atoms with Crippen molar-refractivity contribution in [3.05, 3.63) is 84.4 Å². The van der Waals surface area contributed by atoms with Crippen molar-refractivity contribution in [2.75, 3.05) is 24.2 Å². The Balaban J connectivity index is 1.65. The van der Waals surface area contributed by atoms with Gasteiger partial charge in [-0.3, -0.25) is 9.10 Å². The van der Waals surface area contributed by atoms with Gasteiger partial charge >= 0.3 is 0 Å². The van der Waals surface area contributed by atoms with Gasteiger partial charge in [0.05, 0.1) is 19.1 Å². The predicted molar refractivity (Wildman–Crippen MR) is 129 cm³/mol. The smallest absolute Gasteiger partial charge is 0.243 e. The van der Waals surface area contributed by atoms with Crippen molar-refractivity contribution in [3.63, 3.8) is 0 Å². The molecule has 174 valence electrons. The van der Waals surface area contributed by atoms with Gasteiger partial charge in [-0.1, -0.05) is 30.3 Å². The number of nitrogens with zero attached hydrogens (tertiary/aromatic N) is 1. The SMILES string of the molecule is COc1ccc(CCNC(=O)[C@H](C)N(c2ccc(Oc3ccccc3)cc2)S(C)(=O)=O)cc1. The van der Waals surface area contributed by atoms with Crippen LogP contribution >= 0.6 is 0 Å². The largest absolute Gasteiger partial charge is 0.497 e. The maximum absolute atomic E-state index is 12.7. The molecule has 0 aliphatic carbocycles. The van der Waals surface area contributed by atoms with Crippen LogP contribution < -0.4 is 19.1 Å². The van der Waals surface area contributed by atoms with Gasteiger partial charge in [0.25, 0.3) is 0 Å². The molecule has 1 amide bonds. The Hall–Kier alpha value is -3.52. The zero-order valence-corrected chi connectivity index (χ0v) is 19.7. The predicted octanol–water partition coefficient (Wildman–Crippen LogP) is 4.00. The number of anilines is 1. The normalized spacial score (nSPS) is 12.0. The number of amides is 1. The van der Waals surface area contributed by atoms with Crippen LogP contribution in [0.3, 0.4) is 0 Å². The first kappa shape index (κ1) is 24.1. The monoisotopic (exact) mass is 468 g/mol. The molecule has 0 fully saturated rings. The summed E-state index contributed by atoms with van der Waals surface area (Å²) in [6.45, 7) is 1.95. The number of nitrogens with one attached hydrogen (secondary N) is 1. The highest BCUT2D eigenvalue weighted by molar-refractivity contribution is 7.92. The first-order valence-electron chi connectivity index (χ1n) is 10.5. The van der Waals surface area contributed by atoms with Gasteiger partial charge in [-0.05, 0) is 67.4 Å². The number of hydrogen-bond donors (Lipinski definition) is 1. The van der Waals surface area contributed by atoms with Crippen molar-refractivity contribution in [2.45, 2.75) is 19.4 Å². The van der Waals surface area contributed by atoms with E-state index in [2.05, 4.69) is 5.32 Å². The number of carbonyl (C=O) groups is 1. The van der Waals surface area contributed by atoms with Crippen molar-refractivity contribution in [1.29, 1.82) is 0 Å². The summed E-state index contributed by atoms with van der Waals surface area (Å²) in [6, 6.07) is 22.5. The van der Waals surface area contributed by atoms with E-state index in [9.17, 15) is 13.2 Å². The molecule has 0 saturated carbocycles. The fraction of sp³-hybridized carbons (Fsp3) is 0.240. The number of ether oxygens (including phenoxy) is 2. The second-order valence-electron chi connectivity index (χ2n) is 7.53. The molecule has 3 aromatic rings. The molecule has 0 aromatic heterocycles. The van der Waals surface area contributed by atoms with Gasteiger partial charge in [-0.15, -0.1) is 0 Å². The third-order valence-corrected chi connectivity index (χ3v) is 6.27. The first-order valence-corrected chi connectivity index (χ1v) is 12.4. The lowest BCUT2D eigenvalue weighted by Crippen LogP contribution is -2.48. The van der Waals surface area contributed by atoms with Crippen molar-refractivity contribution >= 4 is 21.6 Å². The van der Waals surface area contributed by atoms with Crippen LogP contribution in [-0.4, -0.2) is 40.3 Å². The maximum atomic E-state index is 12.7. The summed E-state index contributed by atoms with van der Waals surface area (Å²) in [7, 11) is -2.10. The summed E-state index contributed by atoms with van der Waals surface area (Å²) in [5, 5.41) is 2.82. The quantitative estimate of drug-likeness (QED) is 0.486. The van der Waals surface area contributed by atoms with Gasteiger partial charge in [0.15, 0.2) is 0 Å². The average Bonchev–Trinajstić information content (AvgIpc) is 2.80. The van der Waals surface area contributed by atoms with Crippen molar-refractivity contribution in [1.82, 2.24) is 5.32 Å². The van der Waals surface area contributed by atoms with E-state index in [1.807, 2.05) is 54.6 Å². The minimum atomic E-state index is -3.70. The average molecular weight is 469 g/mol. The van der Waals surface area contributed by atoms with E-state index in [0.717, 1.165) is 21.9 Å². The highest BCUT2D eigenvalue weighted by atomic mass is 32.2. The molecule has 0 aliphatic rings. The molecule has 1 N–H and O–H groups in total. The standard InChI is InChI=1S/C25H28N2O5S/c1-19(25(28)26-18-17-20-9-13-22(31-2)14-10-20)27(33(3,29)30)21-11-15-24(16-12-21)32-23-7-5-4-6-8-23/h4-16,19H,17-18H2,1-3H3,(H,26,28)/t19-/m0/s1. The molecule has 0 heterocycles. The minimum Gasteiger partial charge on any atom is -0.497 e. The second-order valence-corrected chi connectivity index (χ2v) is 9.39. The van der Waals surface area contributed by atoms with Crippen LogP contribution in [0.2, 0.25) is 0 Å². The topological polar surface area (TPSA) is 84.9 Å². The lowest BCUT2D eigenvalue weighted by molar-refractivity contribution is -0.121. The number of methoxy groups -OCH3 is 1. The van der Waals surface area contributed by atoms with Crippen molar-refractivity contribution in [3.8, 4) is 17.2 Å². The molecular formula is C25H28N2O5S. The number of rotatable bonds is 10. The Morgan fingerprint density at radius 3 is 2.06 bits per heavy atom. The summed E-state index contributed by atoms with van der Waals surface area (Å²) in [4.78, 5) is 12.7. The lowest BCUT2D eigenvalue weighted by atomic mass is 10.1. The molecule has 0 spiro atoms. The molecule has 33 heavy (non-hydrogen) atoms. The molecule has 3 aromatic carbocycles. The summed E-state index contributed by atoms with van der Waals surface area (Å²) in [6.07, 6.45) is 1.70. The van der Waals surface area contributed by atoms with Gasteiger partial charge in [0, 0.05) is 6.54 Å². The van der Waals surface area contributed by atoms with Gasteiger partial charge in [-0.2, -0.15) is 0 Å². The van der Waals surface area contributed by atoms with E-state index < -0.39 is 16.1 Å². The molecule has 0 bridgehead atoms. The third-order valence-electron chi connectivity index (χ3n) is 5.03. The van der Waals surface area contributed by atoms with Gasteiger partial charge in [-0.25, -0.2) is 8.42 Å². The van der Waals surface area contributed by atoms with E-state index in [-0.39, 0.29) is 5.91 Å². The van der Waals surface area contributed by atoms with E-state index in [0.29, 0.717) is 30.2 Å². The number of sulfonamides is 1. The van der Waals surface area contributed by atoms with E-state index >= 15 is 0 Å². The van der Waals surface area contributed by atoms with Crippen LogP contribution in [0.1, 0.15) is 12.5 Å². The van der Waals surface area contributed by atoms with Gasteiger partial charge in [0.1, 0.15) is 23.3 Å². The van der Waals surface area contributed by atoms with E-state index in [1.54, 1.807) is 38.3 Å². The molecule has 0 aliphatic heterocycles. The number of hydrogen-bond acceptors (Lipinski definition) is 5. The molecule has 0 unspecified atom stereocenters. The van der Waals surface area contributed by atoms with Crippen molar-refractivity contribution < 1.29 is 22.7 Å². The van der Waals surface area contributed by atoms with Gasteiger partial charge in [0.2, 0.25) is 15.9 Å². The van der Waals surface area contributed by atoms with Crippen molar-refractivity contribution in [2.24, 2.45) is 0 Å². The Labute approximate surface area is 195 Å². The lowest BCUT2D eigenvalue weighted by Gasteiger charge is -2.28. The molecular weight excluding hydrogens is 440 g/mol. The summed E-state index contributed by atoms with van der Waals surface area (Å²) in [5.41, 5.74) is 1.42. The van der Waals surface area contributed by atoms with E-state index in [1.165, 1.54) is 0 Å².